The number of hydrogen-bond acceptors (Lipinski definition) is 2. The zero-order valence-electron chi connectivity index (χ0n) is 7.02. The van der Waals surface area contributed by atoms with Crippen LogP contribution in [-0.2, 0) is 9.47 Å². The summed E-state index contributed by atoms with van der Waals surface area (Å²) >= 11 is 0. The van der Waals surface area contributed by atoms with Crippen molar-refractivity contribution in [2.45, 2.75) is 33.0 Å². The first-order valence-corrected chi connectivity index (χ1v) is 3.61. The molecule has 0 aliphatic carbocycles. The molecule has 0 fully saturated rings. The third-order valence-electron chi connectivity index (χ3n) is 1.42. The van der Waals surface area contributed by atoms with Gasteiger partial charge in [-0.3, -0.25) is 0 Å². The first-order valence-electron chi connectivity index (χ1n) is 3.61. The van der Waals surface area contributed by atoms with E-state index in [1.807, 2.05) is 20.8 Å². The van der Waals surface area contributed by atoms with Gasteiger partial charge in [-0.2, -0.15) is 0 Å². The van der Waals surface area contributed by atoms with Crippen molar-refractivity contribution in [3.63, 3.8) is 0 Å². The van der Waals surface area contributed by atoms with Crippen LogP contribution in [0.15, 0.2) is 12.8 Å². The van der Waals surface area contributed by atoms with Crippen molar-refractivity contribution < 1.29 is 9.47 Å². The summed E-state index contributed by atoms with van der Waals surface area (Å²) in [6.07, 6.45) is 2.24. The highest BCUT2D eigenvalue weighted by atomic mass is 16.7. The third kappa shape index (κ3) is 2.87. The van der Waals surface area contributed by atoms with Gasteiger partial charge in [0.1, 0.15) is 0 Å². The van der Waals surface area contributed by atoms with Crippen LogP contribution >= 0.6 is 0 Å². The summed E-state index contributed by atoms with van der Waals surface area (Å²) in [6.45, 7) is 10.00. The van der Waals surface area contributed by atoms with Gasteiger partial charge >= 0.3 is 0 Å². The molecule has 0 aliphatic rings. The number of ether oxygens (including phenoxy) is 2. The molecular formula is C8H16O2. The Morgan fingerprint density at radius 1 is 1.50 bits per heavy atom. The molecule has 0 saturated carbocycles. The molecule has 0 N–H and O–H groups in total. The molecule has 0 bridgehead atoms. The maximum atomic E-state index is 5.33. The van der Waals surface area contributed by atoms with Gasteiger partial charge in [0.25, 0.3) is 0 Å². The van der Waals surface area contributed by atoms with Crippen molar-refractivity contribution in [2.75, 3.05) is 6.61 Å². The molecule has 1 atom stereocenters. The molecule has 0 rings (SSSR count). The Kier molecular flexibility index (Phi) is 4.12. The maximum absolute atomic E-state index is 5.33. The predicted molar refractivity (Wildman–Crippen MR) is 41.6 cm³/mol. The molecule has 0 radical (unpaired) electrons. The van der Waals surface area contributed by atoms with E-state index in [0.29, 0.717) is 6.61 Å². The van der Waals surface area contributed by atoms with Crippen molar-refractivity contribution in [3.8, 4) is 0 Å². The van der Waals surface area contributed by atoms with Crippen molar-refractivity contribution in [1.29, 1.82) is 0 Å². The molecule has 0 heterocycles. The summed E-state index contributed by atoms with van der Waals surface area (Å²) in [6, 6.07) is 0. The van der Waals surface area contributed by atoms with Crippen molar-refractivity contribution >= 4 is 0 Å². The molecule has 0 spiro atoms. The summed E-state index contributed by atoms with van der Waals surface area (Å²) in [5, 5.41) is 0. The lowest BCUT2D eigenvalue weighted by Crippen LogP contribution is -2.29. The molecular weight excluding hydrogens is 128 g/mol. The fourth-order valence-electron chi connectivity index (χ4n) is 0.701. The molecule has 1 unspecified atom stereocenters. The van der Waals surface area contributed by atoms with Gasteiger partial charge in [-0.15, -0.1) is 0 Å². The van der Waals surface area contributed by atoms with Crippen molar-refractivity contribution in [3.05, 3.63) is 12.8 Å². The van der Waals surface area contributed by atoms with E-state index in [0.717, 1.165) is 6.42 Å². The van der Waals surface area contributed by atoms with Crippen LogP contribution in [0.5, 0.6) is 0 Å². The molecule has 0 aliphatic heterocycles. The monoisotopic (exact) mass is 144 g/mol. The fraction of sp³-hybridized carbons (Fsp3) is 0.750. The minimum absolute atomic E-state index is 0.476. The van der Waals surface area contributed by atoms with Crippen LogP contribution in [0.2, 0.25) is 0 Å². The lowest BCUT2D eigenvalue weighted by Gasteiger charge is -2.26. The summed E-state index contributed by atoms with van der Waals surface area (Å²) < 4.78 is 10.5. The smallest absolute Gasteiger partial charge is 0.206 e. The topological polar surface area (TPSA) is 18.5 Å². The highest BCUT2D eigenvalue weighted by Gasteiger charge is 2.21. The zero-order valence-corrected chi connectivity index (χ0v) is 7.02. The first-order chi connectivity index (χ1) is 4.68. The van der Waals surface area contributed by atoms with Crippen LogP contribution in [0.4, 0.5) is 0 Å². The quantitative estimate of drug-likeness (QED) is 0.435. The van der Waals surface area contributed by atoms with Gasteiger partial charge in [0, 0.05) is 20.0 Å². The molecule has 2 nitrogen and oxygen atoms in total. The van der Waals surface area contributed by atoms with Crippen molar-refractivity contribution in [1.82, 2.24) is 0 Å². The van der Waals surface area contributed by atoms with E-state index in [1.165, 1.54) is 6.26 Å². The standard InChI is InChI=1S/C8H16O2/c1-5-8(4,9-6-2)10-7-3/h6H,2,5,7H2,1,3-4H3. The maximum Gasteiger partial charge on any atom is 0.206 e. The van der Waals surface area contributed by atoms with Crippen LogP contribution in [-0.4, -0.2) is 12.4 Å². The normalized spacial score (nSPS) is 15.9. The van der Waals surface area contributed by atoms with Gasteiger partial charge in [-0.05, 0) is 6.92 Å². The Hall–Kier alpha value is -0.500. The van der Waals surface area contributed by atoms with Crippen LogP contribution < -0.4 is 0 Å². The molecule has 0 saturated heterocycles. The SMILES string of the molecule is C=COC(C)(CC)OCC. The molecule has 2 heteroatoms. The summed E-state index contributed by atoms with van der Waals surface area (Å²) in [5.74, 6) is -0.476. The second-order valence-electron chi connectivity index (χ2n) is 2.20. The molecule has 0 amide bonds. The van der Waals surface area contributed by atoms with E-state index >= 15 is 0 Å². The van der Waals surface area contributed by atoms with Crippen LogP contribution in [0.1, 0.15) is 27.2 Å². The summed E-state index contributed by atoms with van der Waals surface area (Å²) in [7, 11) is 0. The Labute approximate surface area is 62.8 Å². The van der Waals surface area contributed by atoms with E-state index in [2.05, 4.69) is 6.58 Å². The van der Waals surface area contributed by atoms with Crippen LogP contribution in [0.3, 0.4) is 0 Å². The fourth-order valence-corrected chi connectivity index (χ4v) is 0.701. The van der Waals surface area contributed by atoms with E-state index in [4.69, 9.17) is 9.47 Å². The van der Waals surface area contributed by atoms with E-state index in [9.17, 15) is 0 Å². The largest absolute Gasteiger partial charge is 0.471 e. The predicted octanol–water partition coefficient (Wildman–Crippen LogP) is 2.31. The van der Waals surface area contributed by atoms with Gasteiger partial charge in [0.2, 0.25) is 5.79 Å². The molecule has 60 valence electrons. The van der Waals surface area contributed by atoms with E-state index in [-0.39, 0.29) is 0 Å². The van der Waals surface area contributed by atoms with E-state index < -0.39 is 5.79 Å². The Morgan fingerprint density at radius 2 is 2.10 bits per heavy atom. The van der Waals surface area contributed by atoms with Gasteiger partial charge in [0.05, 0.1) is 6.26 Å². The third-order valence-corrected chi connectivity index (χ3v) is 1.42. The average molecular weight is 144 g/mol. The minimum atomic E-state index is -0.476. The number of hydrogen-bond donors (Lipinski definition) is 0. The van der Waals surface area contributed by atoms with Crippen LogP contribution in [0, 0.1) is 0 Å². The molecule has 0 aromatic carbocycles. The molecule has 0 aromatic rings. The van der Waals surface area contributed by atoms with Gasteiger partial charge in [-0.1, -0.05) is 13.5 Å². The lowest BCUT2D eigenvalue weighted by atomic mass is 10.2. The Morgan fingerprint density at radius 3 is 2.40 bits per heavy atom. The summed E-state index contributed by atoms with van der Waals surface area (Å²) in [5.41, 5.74) is 0. The lowest BCUT2D eigenvalue weighted by molar-refractivity contribution is -0.192. The second-order valence-corrected chi connectivity index (χ2v) is 2.20. The van der Waals surface area contributed by atoms with Gasteiger partial charge in [0.15, 0.2) is 0 Å². The minimum Gasteiger partial charge on any atom is -0.471 e. The van der Waals surface area contributed by atoms with Crippen LogP contribution in [0.25, 0.3) is 0 Å². The zero-order chi connectivity index (χ0) is 8.04. The number of rotatable bonds is 5. The highest BCUT2D eigenvalue weighted by molar-refractivity contribution is 4.64. The first kappa shape index (κ1) is 9.50. The van der Waals surface area contributed by atoms with Gasteiger partial charge < -0.3 is 9.47 Å². The Bertz CT molecular complexity index is 101. The molecule has 0 aromatic heterocycles. The van der Waals surface area contributed by atoms with E-state index in [1.54, 1.807) is 0 Å². The van der Waals surface area contributed by atoms with Crippen molar-refractivity contribution in [2.24, 2.45) is 0 Å². The second kappa shape index (κ2) is 4.34. The average Bonchev–Trinajstić information content (AvgIpc) is 1.89. The molecule has 10 heavy (non-hydrogen) atoms. The Balaban J connectivity index is 3.80. The summed E-state index contributed by atoms with van der Waals surface area (Å²) in [4.78, 5) is 0. The highest BCUT2D eigenvalue weighted by Crippen LogP contribution is 2.16. The van der Waals surface area contributed by atoms with Gasteiger partial charge in [-0.25, -0.2) is 0 Å².